The predicted octanol–water partition coefficient (Wildman–Crippen LogP) is -14.9. The average molecular weight is 1390 g/mol. The molecule has 0 aromatic heterocycles. The quantitative estimate of drug-likeness (QED) is 0.0479. The summed E-state index contributed by atoms with van der Waals surface area (Å²) in [7, 11) is 0. The first-order valence-electron chi connectivity index (χ1n) is 30.7. The van der Waals surface area contributed by atoms with Gasteiger partial charge in [0, 0.05) is 20.8 Å². The molecule has 1 unspecified atom stereocenters. The summed E-state index contributed by atoms with van der Waals surface area (Å²) in [6.45, 7) is 1.74. The fourth-order valence-electron chi connectivity index (χ4n) is 12.4. The van der Waals surface area contributed by atoms with E-state index in [2.05, 4.69) is 16.0 Å². The van der Waals surface area contributed by atoms with Crippen molar-refractivity contribution in [3.8, 4) is 0 Å². The van der Waals surface area contributed by atoms with Crippen LogP contribution in [-0.4, -0.2) is 398 Å². The van der Waals surface area contributed by atoms with Gasteiger partial charge >= 0.3 is 0 Å². The number of aliphatic hydroxyl groups excluding tert-OH is 20. The fourth-order valence-corrected chi connectivity index (χ4v) is 12.4. The van der Waals surface area contributed by atoms with Crippen LogP contribution in [0.5, 0.6) is 0 Å². The number of ether oxygens (including phenoxy) is 15. The minimum absolute atomic E-state index is 0.850. The van der Waals surface area contributed by atoms with Crippen molar-refractivity contribution in [2.24, 2.45) is 0 Å². The summed E-state index contributed by atoms with van der Waals surface area (Å²) >= 11 is 0. The molecule has 0 aromatic rings. The standard InChI is InChI=1S/C54H91N3O38/c1-12-26(65)33(72)38(77)50(82-12)93-44-25(57-17(6)64)49(89-21(10-61)42(44)91-54-46(37(76)30(69)19(8-59)87-54)95-52-40(79)35(74)28(67)14(3)84-52)92-43-24(56-16(5)63)47(80)85-22(31(43)70)11-81-48-23(55-15(4)62)32(71)41(20(9-60)88-48)90-53-45(36(75)29(68)18(7-58)86-53)94-51-39(78)34(73)27(66)13(2)83-51/h12-14,18-54,58-61,65-80H,7-11H2,1-6H3,(H,55,62)(H,56,63)(H,57,64)/t12-,13-,14-,18+,19+,20+,21+,22+,23+,24+,25+,26+,27+,28+,29-,30-,31-,32+,33+,34+,35+,36-,37-,38-,39-,40-,41+,42+,43+,44+,45+,46+,47?,48+,49-,50-,51-,52-,53-,54-/m0/s1. The Bertz CT molecular complexity index is 2460. The van der Waals surface area contributed by atoms with Gasteiger partial charge in [-0.1, -0.05) is 0 Å². The number of rotatable bonds is 22. The highest BCUT2D eigenvalue weighted by Crippen LogP contribution is 2.39. The van der Waals surface area contributed by atoms with Gasteiger partial charge in [-0.15, -0.1) is 0 Å². The third kappa shape index (κ3) is 17.0. The highest BCUT2D eigenvalue weighted by atomic mass is 16.8. The second kappa shape index (κ2) is 33.2. The van der Waals surface area contributed by atoms with Crippen molar-refractivity contribution in [3.05, 3.63) is 0 Å². The Balaban J connectivity index is 1.08. The molecule has 8 saturated heterocycles. The maximum Gasteiger partial charge on any atom is 0.217 e. The van der Waals surface area contributed by atoms with Gasteiger partial charge in [0.2, 0.25) is 17.7 Å². The van der Waals surface area contributed by atoms with E-state index in [0.717, 1.165) is 20.8 Å². The second-order valence-electron chi connectivity index (χ2n) is 24.6. The molecule has 0 aliphatic carbocycles. The normalized spacial score (nSPS) is 50.7. The Morgan fingerprint density at radius 2 is 0.642 bits per heavy atom. The van der Waals surface area contributed by atoms with Crippen LogP contribution < -0.4 is 16.0 Å². The lowest BCUT2D eigenvalue weighted by molar-refractivity contribution is -0.396. The van der Waals surface area contributed by atoms with Gasteiger partial charge in [-0.25, -0.2) is 0 Å². The van der Waals surface area contributed by atoms with Crippen LogP contribution in [0.15, 0.2) is 0 Å². The van der Waals surface area contributed by atoms with Gasteiger partial charge in [-0.2, -0.15) is 0 Å². The lowest BCUT2D eigenvalue weighted by Crippen LogP contribution is -2.72. The van der Waals surface area contributed by atoms with Crippen LogP contribution in [0.25, 0.3) is 0 Å². The zero-order valence-corrected chi connectivity index (χ0v) is 51.9. The minimum atomic E-state index is -2.20. The lowest BCUT2D eigenvalue weighted by atomic mass is 9.93. The Morgan fingerprint density at radius 1 is 0.295 bits per heavy atom. The largest absolute Gasteiger partial charge is 0.394 e. The SMILES string of the molecule is CC(=O)N[C@H]1[C@H](OC[C@H]2OC(O)[C@H](NC(C)=O)[C@@H](O[C@@H]3O[C@H](CO)[C@@H](O[C@@H]4O[C@H](CO)[C@H](O)[C@H](O)[C@H]4O[C@@H]4O[C@@H](C)[C@@H](O)[C@@H](O)[C@@H]4O)[C@H](O[C@@H]4O[C@@H](C)[C@@H](O)[C@@H](O)[C@@H]4O)[C@H]3NC(C)=O)[C@H]2O)O[C@H](CO)[C@@H](O[C@@H]2O[C@H](CO)[C@H](O)[C@H](O)[C@H]2O[C@@H]2O[C@@H](C)[C@@H](O)[C@@H](O)[C@@H]2O)[C@@H]1O. The number of aliphatic hydroxyl groups is 20. The molecule has 550 valence electrons. The molecule has 0 aromatic carbocycles. The van der Waals surface area contributed by atoms with Crippen molar-refractivity contribution in [2.75, 3.05) is 33.0 Å². The van der Waals surface area contributed by atoms with Crippen LogP contribution in [0.2, 0.25) is 0 Å². The van der Waals surface area contributed by atoms with Gasteiger partial charge in [0.05, 0.1) is 51.3 Å². The van der Waals surface area contributed by atoms with E-state index in [9.17, 15) is 117 Å². The van der Waals surface area contributed by atoms with Crippen molar-refractivity contribution in [2.45, 2.75) is 287 Å². The summed E-state index contributed by atoms with van der Waals surface area (Å²) < 4.78 is 89.2. The predicted molar refractivity (Wildman–Crippen MR) is 295 cm³/mol. The molecule has 0 radical (unpaired) electrons. The molecule has 41 heteroatoms. The number of nitrogens with one attached hydrogen (secondary N) is 3. The van der Waals surface area contributed by atoms with Crippen LogP contribution in [0, 0.1) is 0 Å². The summed E-state index contributed by atoms with van der Waals surface area (Å²) in [5.74, 6) is -2.66. The Labute approximate surface area is 540 Å². The highest BCUT2D eigenvalue weighted by molar-refractivity contribution is 5.74. The molecular weight excluding hydrogens is 1300 g/mol. The van der Waals surface area contributed by atoms with Gasteiger partial charge in [-0.05, 0) is 20.8 Å². The lowest BCUT2D eigenvalue weighted by Gasteiger charge is -2.52. The average Bonchev–Trinajstić information content (AvgIpc) is 0.772. The van der Waals surface area contributed by atoms with E-state index in [4.69, 9.17) is 71.1 Å². The van der Waals surface area contributed by atoms with Crippen LogP contribution in [0.3, 0.4) is 0 Å². The number of carbonyl (C=O) groups excluding carboxylic acids is 3. The molecule has 40 atom stereocenters. The number of hydrogen-bond acceptors (Lipinski definition) is 38. The molecule has 8 aliphatic heterocycles. The van der Waals surface area contributed by atoms with Gasteiger partial charge < -0.3 is 189 Å². The second-order valence-corrected chi connectivity index (χ2v) is 24.6. The van der Waals surface area contributed by atoms with E-state index in [0.29, 0.717) is 0 Å². The first kappa shape index (κ1) is 77.7. The van der Waals surface area contributed by atoms with Crippen molar-refractivity contribution in [3.63, 3.8) is 0 Å². The minimum Gasteiger partial charge on any atom is -0.394 e. The fraction of sp³-hybridized carbons (Fsp3) is 0.944. The smallest absolute Gasteiger partial charge is 0.217 e. The maximum absolute atomic E-state index is 13.4. The molecule has 0 spiro atoms. The van der Waals surface area contributed by atoms with Gasteiger partial charge in [0.1, 0.15) is 177 Å². The number of carbonyl (C=O) groups is 3. The molecule has 8 rings (SSSR count). The Kier molecular flexibility index (Phi) is 27.2. The zero-order chi connectivity index (χ0) is 70.1. The highest BCUT2D eigenvalue weighted by Gasteiger charge is 2.60. The molecule has 41 nitrogen and oxygen atoms in total. The van der Waals surface area contributed by atoms with Gasteiger partial charge in [0.25, 0.3) is 0 Å². The molecular formula is C54H91N3O38. The van der Waals surface area contributed by atoms with E-state index in [1.807, 2.05) is 0 Å². The monoisotopic (exact) mass is 1390 g/mol. The van der Waals surface area contributed by atoms with E-state index in [-0.39, 0.29) is 0 Å². The molecule has 23 N–H and O–H groups in total. The van der Waals surface area contributed by atoms with Crippen LogP contribution >= 0.6 is 0 Å². The van der Waals surface area contributed by atoms with Gasteiger partial charge in [-0.3, -0.25) is 14.4 Å². The molecule has 8 heterocycles. The first-order chi connectivity index (χ1) is 44.8. The van der Waals surface area contributed by atoms with Crippen molar-refractivity contribution in [1.82, 2.24) is 16.0 Å². The summed E-state index contributed by atoms with van der Waals surface area (Å²) in [5.41, 5.74) is 0. The third-order valence-electron chi connectivity index (χ3n) is 17.7. The Hall–Kier alpha value is -2.99. The summed E-state index contributed by atoms with van der Waals surface area (Å²) in [5, 5.41) is 227. The first-order valence-corrected chi connectivity index (χ1v) is 30.7. The zero-order valence-electron chi connectivity index (χ0n) is 51.9. The molecule has 3 amide bonds. The van der Waals surface area contributed by atoms with Crippen molar-refractivity contribution in [1.29, 1.82) is 0 Å². The van der Waals surface area contributed by atoms with E-state index in [1.54, 1.807) is 0 Å². The molecule has 8 aliphatic rings. The van der Waals surface area contributed by atoms with Gasteiger partial charge in [0.15, 0.2) is 50.3 Å². The van der Waals surface area contributed by atoms with E-state index in [1.165, 1.54) is 20.8 Å². The molecule has 8 fully saturated rings. The van der Waals surface area contributed by atoms with Crippen LogP contribution in [-0.2, 0) is 85.4 Å². The third-order valence-corrected chi connectivity index (χ3v) is 17.7. The molecule has 95 heavy (non-hydrogen) atoms. The molecule has 0 saturated carbocycles. The maximum atomic E-state index is 13.4. The summed E-state index contributed by atoms with van der Waals surface area (Å²) in [6.07, 6.45) is -69.7. The van der Waals surface area contributed by atoms with Crippen LogP contribution in [0.1, 0.15) is 41.5 Å². The summed E-state index contributed by atoms with van der Waals surface area (Å²) in [6, 6.07) is -5.51. The summed E-state index contributed by atoms with van der Waals surface area (Å²) in [4.78, 5) is 39.1. The topological polar surface area (TPSA) is 630 Å². The van der Waals surface area contributed by atoms with Crippen LogP contribution in [0.4, 0.5) is 0 Å². The van der Waals surface area contributed by atoms with E-state index < -0.39 is 296 Å². The van der Waals surface area contributed by atoms with Crippen molar-refractivity contribution >= 4 is 17.7 Å². The van der Waals surface area contributed by atoms with E-state index >= 15 is 0 Å². The van der Waals surface area contributed by atoms with Crippen molar-refractivity contribution < 1.29 is 188 Å². The Morgan fingerprint density at radius 3 is 1.06 bits per heavy atom. The molecule has 0 bridgehead atoms. The number of hydrogen-bond donors (Lipinski definition) is 23. The number of amides is 3.